The molecule has 144 valence electrons. The third kappa shape index (κ3) is 4.02. The van der Waals surface area contributed by atoms with E-state index in [9.17, 15) is 13.2 Å². The van der Waals surface area contributed by atoms with Gasteiger partial charge < -0.3 is 4.98 Å². The molecule has 5 nitrogen and oxygen atoms in total. The van der Waals surface area contributed by atoms with E-state index < -0.39 is 10.0 Å². The molecule has 1 fully saturated rings. The number of benzene rings is 2. The predicted octanol–water partition coefficient (Wildman–Crippen LogP) is 3.99. The molecule has 2 unspecified atom stereocenters. The first-order valence-electron chi connectivity index (χ1n) is 9.17. The predicted molar refractivity (Wildman–Crippen MR) is 112 cm³/mol. The molecule has 1 heterocycles. The molecule has 0 radical (unpaired) electrons. The number of rotatable bonds is 5. The molecule has 0 bridgehead atoms. The lowest BCUT2D eigenvalue weighted by Crippen LogP contribution is -2.09. The quantitative estimate of drug-likeness (QED) is 0.687. The average Bonchev–Trinajstić information content (AvgIpc) is 3.42. The second-order valence-electron chi connectivity index (χ2n) is 7.49. The van der Waals surface area contributed by atoms with Crippen molar-refractivity contribution in [3.05, 3.63) is 87.8 Å². The van der Waals surface area contributed by atoms with E-state index in [1.807, 2.05) is 37.3 Å². The summed E-state index contributed by atoms with van der Waals surface area (Å²) >= 11 is 0. The molecule has 4 rings (SSSR count). The summed E-state index contributed by atoms with van der Waals surface area (Å²) in [4.78, 5) is 14.9. The average molecular weight is 394 g/mol. The Labute approximate surface area is 164 Å². The van der Waals surface area contributed by atoms with E-state index in [0.717, 1.165) is 23.8 Å². The van der Waals surface area contributed by atoms with Crippen LogP contribution in [0.1, 0.15) is 34.9 Å². The second kappa shape index (κ2) is 6.95. The van der Waals surface area contributed by atoms with E-state index in [2.05, 4.69) is 21.8 Å². The number of nitrogens with one attached hydrogen (secondary N) is 2. The summed E-state index contributed by atoms with van der Waals surface area (Å²) in [6, 6.07) is 17.6. The lowest BCUT2D eigenvalue weighted by atomic mass is 9.97. The number of aryl methyl sites for hydroxylation is 1. The standard InChI is InChI=1S/C22H22N2O3S/c1-14-10-16(19-4-3-9-23-22(19)25)12-17(11-14)21-13-20(21)15-5-7-18(8-6-15)24-28(2,26)27/h3-12,20-21,24H,13H2,1-2H3,(H,23,25). The molecule has 1 saturated carbocycles. The molecule has 1 aliphatic carbocycles. The summed E-state index contributed by atoms with van der Waals surface area (Å²) in [5, 5.41) is 0. The number of hydrogen-bond acceptors (Lipinski definition) is 3. The van der Waals surface area contributed by atoms with Crippen molar-refractivity contribution in [3.63, 3.8) is 0 Å². The van der Waals surface area contributed by atoms with Crippen molar-refractivity contribution < 1.29 is 8.42 Å². The van der Waals surface area contributed by atoms with Crippen LogP contribution in [0.2, 0.25) is 0 Å². The van der Waals surface area contributed by atoms with E-state index in [-0.39, 0.29) is 5.56 Å². The normalized spacial score (nSPS) is 18.6. The molecule has 0 spiro atoms. The van der Waals surface area contributed by atoms with Crippen molar-refractivity contribution in [1.82, 2.24) is 4.98 Å². The summed E-state index contributed by atoms with van der Waals surface area (Å²) in [5.74, 6) is 0.825. The van der Waals surface area contributed by atoms with Gasteiger partial charge in [0.2, 0.25) is 10.0 Å². The fourth-order valence-corrected chi connectivity index (χ4v) is 4.34. The second-order valence-corrected chi connectivity index (χ2v) is 9.24. The first-order chi connectivity index (χ1) is 13.3. The van der Waals surface area contributed by atoms with Crippen molar-refractivity contribution in [2.45, 2.75) is 25.2 Å². The number of aromatic amines is 1. The van der Waals surface area contributed by atoms with E-state index in [1.165, 1.54) is 11.1 Å². The number of H-pyrrole nitrogens is 1. The van der Waals surface area contributed by atoms with Gasteiger partial charge in [0.25, 0.3) is 5.56 Å². The van der Waals surface area contributed by atoms with Crippen LogP contribution in [0.25, 0.3) is 11.1 Å². The van der Waals surface area contributed by atoms with Gasteiger partial charge in [0.05, 0.1) is 6.26 Å². The highest BCUT2D eigenvalue weighted by Gasteiger charge is 2.39. The third-order valence-corrected chi connectivity index (χ3v) is 5.70. The Morgan fingerprint density at radius 2 is 1.71 bits per heavy atom. The van der Waals surface area contributed by atoms with Crippen LogP contribution in [0.15, 0.2) is 65.6 Å². The minimum absolute atomic E-state index is 0.0830. The zero-order valence-electron chi connectivity index (χ0n) is 15.8. The summed E-state index contributed by atoms with van der Waals surface area (Å²) in [6.45, 7) is 2.05. The largest absolute Gasteiger partial charge is 0.329 e. The fraction of sp³-hybridized carbons (Fsp3) is 0.227. The summed E-state index contributed by atoms with van der Waals surface area (Å²) < 4.78 is 25.2. The zero-order valence-corrected chi connectivity index (χ0v) is 16.6. The third-order valence-electron chi connectivity index (χ3n) is 5.09. The van der Waals surface area contributed by atoms with Crippen LogP contribution in [-0.2, 0) is 10.0 Å². The first-order valence-corrected chi connectivity index (χ1v) is 11.1. The smallest absolute Gasteiger partial charge is 0.255 e. The summed E-state index contributed by atoms with van der Waals surface area (Å²) in [6.07, 6.45) is 3.83. The minimum atomic E-state index is -3.27. The maximum atomic E-state index is 12.1. The number of hydrogen-bond donors (Lipinski definition) is 2. The molecule has 0 amide bonds. The number of aromatic nitrogens is 1. The molecule has 2 N–H and O–H groups in total. The van der Waals surface area contributed by atoms with Gasteiger partial charge in [0.15, 0.2) is 0 Å². The van der Waals surface area contributed by atoms with Crippen molar-refractivity contribution in [3.8, 4) is 11.1 Å². The monoisotopic (exact) mass is 394 g/mol. The SMILES string of the molecule is Cc1cc(-c2ccc[nH]c2=O)cc(C2CC2c2ccc(NS(C)(=O)=O)cc2)c1. The number of pyridine rings is 1. The van der Waals surface area contributed by atoms with Gasteiger partial charge >= 0.3 is 0 Å². The lowest BCUT2D eigenvalue weighted by molar-refractivity contribution is 0.607. The van der Waals surface area contributed by atoms with Crippen molar-refractivity contribution in [1.29, 1.82) is 0 Å². The summed E-state index contributed by atoms with van der Waals surface area (Å²) in [5.41, 5.74) is 5.68. The molecule has 1 aliphatic rings. The van der Waals surface area contributed by atoms with E-state index in [0.29, 0.717) is 23.1 Å². The minimum Gasteiger partial charge on any atom is -0.329 e. The van der Waals surface area contributed by atoms with Gasteiger partial charge in [-0.3, -0.25) is 9.52 Å². The van der Waals surface area contributed by atoms with Gasteiger partial charge in [0, 0.05) is 17.4 Å². The number of sulfonamides is 1. The zero-order chi connectivity index (χ0) is 19.9. The maximum absolute atomic E-state index is 12.1. The highest BCUT2D eigenvalue weighted by atomic mass is 32.2. The van der Waals surface area contributed by atoms with Crippen molar-refractivity contribution in [2.75, 3.05) is 11.0 Å². The Kier molecular flexibility index (Phi) is 4.59. The highest BCUT2D eigenvalue weighted by molar-refractivity contribution is 7.92. The molecule has 28 heavy (non-hydrogen) atoms. The maximum Gasteiger partial charge on any atom is 0.255 e. The van der Waals surface area contributed by atoms with Crippen LogP contribution in [0, 0.1) is 6.92 Å². The molecule has 2 atom stereocenters. The van der Waals surface area contributed by atoms with Crippen molar-refractivity contribution >= 4 is 15.7 Å². The van der Waals surface area contributed by atoms with Crippen LogP contribution < -0.4 is 10.3 Å². The molecule has 3 aromatic rings. The Morgan fingerprint density at radius 1 is 1.00 bits per heavy atom. The van der Waals surface area contributed by atoms with Crippen molar-refractivity contribution in [2.24, 2.45) is 0 Å². The molecule has 1 aromatic heterocycles. The van der Waals surface area contributed by atoms with Gasteiger partial charge in [-0.15, -0.1) is 0 Å². The van der Waals surface area contributed by atoms with Gasteiger partial charge in [-0.25, -0.2) is 8.42 Å². The Hall–Kier alpha value is -2.86. The molecular formula is C22H22N2O3S. The van der Waals surface area contributed by atoms with Crippen LogP contribution in [-0.4, -0.2) is 19.7 Å². The first kappa shape index (κ1) is 18.5. The molecule has 0 aliphatic heterocycles. The van der Waals surface area contributed by atoms with Gasteiger partial charge in [-0.05, 0) is 66.1 Å². The number of anilines is 1. The van der Waals surface area contributed by atoms with Gasteiger partial charge in [-0.1, -0.05) is 35.9 Å². The van der Waals surface area contributed by atoms with Crippen LogP contribution in [0.3, 0.4) is 0 Å². The van der Waals surface area contributed by atoms with Crippen LogP contribution in [0.4, 0.5) is 5.69 Å². The Morgan fingerprint density at radius 3 is 2.39 bits per heavy atom. The van der Waals surface area contributed by atoms with Crippen LogP contribution in [0.5, 0.6) is 0 Å². The molecule has 6 heteroatoms. The molecule has 2 aromatic carbocycles. The fourth-order valence-electron chi connectivity index (χ4n) is 3.78. The molecular weight excluding hydrogens is 372 g/mol. The molecule has 0 saturated heterocycles. The highest BCUT2D eigenvalue weighted by Crippen LogP contribution is 2.55. The van der Waals surface area contributed by atoms with E-state index in [1.54, 1.807) is 18.3 Å². The van der Waals surface area contributed by atoms with Gasteiger partial charge in [-0.2, -0.15) is 0 Å². The lowest BCUT2D eigenvalue weighted by Gasteiger charge is -2.08. The van der Waals surface area contributed by atoms with E-state index >= 15 is 0 Å². The Balaban J connectivity index is 1.57. The van der Waals surface area contributed by atoms with Gasteiger partial charge in [0.1, 0.15) is 0 Å². The van der Waals surface area contributed by atoms with E-state index in [4.69, 9.17) is 0 Å². The Bertz CT molecular complexity index is 1180. The topological polar surface area (TPSA) is 79.0 Å². The summed E-state index contributed by atoms with van der Waals surface area (Å²) in [7, 11) is -3.27. The van der Waals surface area contributed by atoms with Crippen LogP contribution >= 0.6 is 0 Å².